The third-order valence-corrected chi connectivity index (χ3v) is 10.7. The van der Waals surface area contributed by atoms with Gasteiger partial charge in [0.2, 0.25) is 0 Å². The first-order valence-electron chi connectivity index (χ1n) is 13.4. The van der Waals surface area contributed by atoms with Crippen LogP contribution in [0.1, 0.15) is 117 Å². The Morgan fingerprint density at radius 2 is 1.45 bits per heavy atom. The summed E-state index contributed by atoms with van der Waals surface area (Å²) in [4.78, 5) is 0. The van der Waals surface area contributed by atoms with Crippen LogP contribution in [0.4, 0.5) is 0 Å². The topological polar surface area (TPSA) is 52.6 Å². The molecule has 4 nitrogen and oxygen atoms in total. The van der Waals surface area contributed by atoms with Crippen LogP contribution in [0.25, 0.3) is 0 Å². The Balaban J connectivity index is 4.32. The van der Waals surface area contributed by atoms with E-state index in [1.807, 2.05) is 6.92 Å². The van der Waals surface area contributed by atoms with Gasteiger partial charge in [-0.05, 0) is 37.3 Å². The molecule has 1 atom stereocenters. The van der Waals surface area contributed by atoms with Crippen LogP contribution >= 0.6 is 0 Å². The molecular weight excluding hydrogens is 400 g/mol. The Bertz CT molecular complexity index is 649. The molecule has 176 valence electrons. The first kappa shape index (κ1) is 22.3. The molecule has 0 aliphatic rings. The maximum absolute atomic E-state index is 11.6. The summed E-state index contributed by atoms with van der Waals surface area (Å²) in [6.45, 7) is 14.0. The molecule has 0 heterocycles. The molecule has 0 spiro atoms. The molecule has 29 heavy (non-hydrogen) atoms. The fourth-order valence-electron chi connectivity index (χ4n) is 2.67. The molecule has 0 saturated carbocycles. The quantitative estimate of drug-likeness (QED) is 0.123. The molecule has 0 aromatic heterocycles. The average Bonchev–Trinajstić information content (AvgIpc) is 2.64. The minimum atomic E-state index is -3.87. The van der Waals surface area contributed by atoms with Crippen molar-refractivity contribution in [3.63, 3.8) is 0 Å². The van der Waals surface area contributed by atoms with Gasteiger partial charge in [-0.1, -0.05) is 91.9 Å². The molecule has 0 bridgehead atoms. The third-order valence-electron chi connectivity index (χ3n) is 5.59. The zero-order valence-corrected chi connectivity index (χ0v) is 21.9. The van der Waals surface area contributed by atoms with E-state index in [0.717, 1.165) is 57.8 Å². The summed E-state index contributed by atoms with van der Waals surface area (Å²) in [7, 11) is -5.53. The third kappa shape index (κ3) is 16.5. The van der Waals surface area contributed by atoms with Crippen molar-refractivity contribution >= 4 is 18.4 Å². The largest absolute Gasteiger partial charge is 0.417 e. The lowest BCUT2D eigenvalue weighted by Gasteiger charge is -2.36. The second-order valence-electron chi connectivity index (χ2n) is 9.59. The lowest BCUT2D eigenvalue weighted by molar-refractivity contribution is 0.183. The lowest BCUT2D eigenvalue weighted by Crippen LogP contribution is -2.40. The van der Waals surface area contributed by atoms with Gasteiger partial charge in [-0.2, -0.15) is 8.42 Å². The summed E-state index contributed by atoms with van der Waals surface area (Å²) in [5, 5.41) is 0.237. The Labute approximate surface area is 189 Å². The van der Waals surface area contributed by atoms with Crippen LogP contribution in [-0.4, -0.2) is 35.7 Å². The Morgan fingerprint density at radius 3 is 1.93 bits per heavy atom. The highest BCUT2D eigenvalue weighted by atomic mass is 32.2. The van der Waals surface area contributed by atoms with E-state index in [1.54, 1.807) is 0 Å². The molecule has 0 unspecified atom stereocenters. The summed E-state index contributed by atoms with van der Waals surface area (Å²) in [5.41, 5.74) is 0. The van der Waals surface area contributed by atoms with E-state index in [9.17, 15) is 8.42 Å². The number of hydrogen-bond acceptors (Lipinski definition) is 4. The SMILES string of the molecule is [2H]C([2H])(CCCCCCCCCO[Si](C)(C)C(C)(C)C)C([2H])([2H])[C@@H](CCCC)OS(C)(=O)=O. The molecule has 0 N–H and O–H groups in total. The fraction of sp³-hybridized carbons (Fsp3) is 1.00. The summed E-state index contributed by atoms with van der Waals surface area (Å²) in [6, 6.07) is 0. The van der Waals surface area contributed by atoms with E-state index in [0.29, 0.717) is 12.8 Å². The standard InChI is InChI=1S/C23H50O4SSi/c1-8-9-19-22(27-28(5,24)25)20-17-15-13-11-10-12-14-16-18-21-26-29(6,7)23(2,3)4/h22H,8-21H2,1-7H3/t22-/m1/s1/i17D2,20D2. The molecule has 0 radical (unpaired) electrons. The zero-order valence-electron chi connectivity index (χ0n) is 24.1. The molecule has 0 saturated heterocycles. The summed E-state index contributed by atoms with van der Waals surface area (Å²) >= 11 is 0. The molecule has 0 aromatic carbocycles. The minimum Gasteiger partial charge on any atom is -0.417 e. The summed E-state index contributed by atoms with van der Waals surface area (Å²) in [5.74, 6) is 0. The van der Waals surface area contributed by atoms with Crippen molar-refractivity contribution in [3.8, 4) is 0 Å². The van der Waals surface area contributed by atoms with Crippen molar-refractivity contribution in [3.05, 3.63) is 0 Å². The van der Waals surface area contributed by atoms with Crippen LogP contribution in [0.15, 0.2) is 0 Å². The number of hydrogen-bond donors (Lipinski definition) is 0. The second-order valence-corrected chi connectivity index (χ2v) is 16.0. The van der Waals surface area contributed by atoms with Crippen molar-refractivity contribution in [1.82, 2.24) is 0 Å². The highest BCUT2D eigenvalue weighted by Crippen LogP contribution is 2.36. The zero-order chi connectivity index (χ0) is 26.0. The van der Waals surface area contributed by atoms with Crippen LogP contribution in [0, 0.1) is 0 Å². The molecule has 6 heteroatoms. The molecule has 0 aliphatic carbocycles. The highest BCUT2D eigenvalue weighted by Gasteiger charge is 2.36. The van der Waals surface area contributed by atoms with Gasteiger partial charge in [-0.25, -0.2) is 0 Å². The maximum Gasteiger partial charge on any atom is 0.264 e. The summed E-state index contributed by atoms with van der Waals surface area (Å²) in [6.07, 6.45) is 3.38. The van der Waals surface area contributed by atoms with Crippen LogP contribution in [0.3, 0.4) is 0 Å². The number of unbranched alkanes of at least 4 members (excludes halogenated alkanes) is 7. The lowest BCUT2D eigenvalue weighted by atomic mass is 10.0. The van der Waals surface area contributed by atoms with Crippen LogP contribution < -0.4 is 0 Å². The average molecular weight is 455 g/mol. The molecule has 0 aliphatic heterocycles. The normalized spacial score (nSPS) is 17.3. The number of rotatable bonds is 18. The fourth-order valence-corrected chi connectivity index (χ4v) is 4.33. The van der Waals surface area contributed by atoms with Crippen molar-refractivity contribution < 1.29 is 22.5 Å². The maximum atomic E-state index is 11.6. The molecule has 0 rings (SSSR count). The van der Waals surface area contributed by atoms with E-state index in [-0.39, 0.29) is 17.9 Å². The van der Waals surface area contributed by atoms with Gasteiger partial charge in [0.25, 0.3) is 10.1 Å². The Kier molecular flexibility index (Phi) is 11.5. The van der Waals surface area contributed by atoms with Gasteiger partial charge >= 0.3 is 0 Å². The smallest absolute Gasteiger partial charge is 0.264 e. The predicted octanol–water partition coefficient (Wildman–Crippen LogP) is 7.44. The van der Waals surface area contributed by atoms with E-state index < -0.39 is 37.3 Å². The minimum absolute atomic E-state index is 0.0517. The van der Waals surface area contributed by atoms with E-state index >= 15 is 0 Å². The van der Waals surface area contributed by atoms with Gasteiger partial charge in [0, 0.05) is 12.1 Å². The van der Waals surface area contributed by atoms with E-state index in [2.05, 4.69) is 33.9 Å². The molecular formula is C23H50O4SSi. The first-order valence-corrected chi connectivity index (χ1v) is 16.1. The van der Waals surface area contributed by atoms with Gasteiger partial charge in [-0.15, -0.1) is 0 Å². The van der Waals surface area contributed by atoms with Crippen LogP contribution in [-0.2, 0) is 18.7 Å². The molecule has 0 aromatic rings. The highest BCUT2D eigenvalue weighted by molar-refractivity contribution is 7.86. The van der Waals surface area contributed by atoms with Gasteiger partial charge in [0.05, 0.1) is 12.4 Å². The van der Waals surface area contributed by atoms with Crippen molar-refractivity contribution in [2.45, 2.75) is 135 Å². The van der Waals surface area contributed by atoms with Gasteiger partial charge < -0.3 is 4.43 Å². The van der Waals surface area contributed by atoms with E-state index in [4.69, 9.17) is 14.1 Å². The first-order chi connectivity index (χ1) is 14.9. The van der Waals surface area contributed by atoms with Gasteiger partial charge in [0.1, 0.15) is 0 Å². The van der Waals surface area contributed by atoms with Crippen molar-refractivity contribution in [2.75, 3.05) is 12.9 Å². The Hall–Kier alpha value is 0.0869. The monoisotopic (exact) mass is 454 g/mol. The van der Waals surface area contributed by atoms with Crippen LogP contribution in [0.5, 0.6) is 0 Å². The van der Waals surface area contributed by atoms with Gasteiger partial charge in [-0.3, -0.25) is 4.18 Å². The summed E-state index contributed by atoms with van der Waals surface area (Å²) < 4.78 is 67.6. The molecule has 0 amide bonds. The second kappa shape index (κ2) is 15.0. The van der Waals surface area contributed by atoms with Crippen molar-refractivity contribution in [1.29, 1.82) is 0 Å². The van der Waals surface area contributed by atoms with Gasteiger partial charge in [0.15, 0.2) is 8.32 Å². The van der Waals surface area contributed by atoms with Crippen LogP contribution in [0.2, 0.25) is 18.1 Å². The predicted molar refractivity (Wildman–Crippen MR) is 129 cm³/mol. The van der Waals surface area contributed by atoms with Crippen molar-refractivity contribution in [2.24, 2.45) is 0 Å². The molecule has 0 fully saturated rings. The van der Waals surface area contributed by atoms with E-state index in [1.165, 1.54) is 0 Å². The Morgan fingerprint density at radius 1 is 0.931 bits per heavy atom.